The van der Waals surface area contributed by atoms with Gasteiger partial charge >= 0.3 is 6.18 Å². The van der Waals surface area contributed by atoms with Crippen LogP contribution in [0, 0.1) is 5.92 Å². The molecule has 154 valence electrons. The van der Waals surface area contributed by atoms with Crippen LogP contribution < -0.4 is 16.0 Å². The Bertz CT molecular complexity index is 911. The van der Waals surface area contributed by atoms with Crippen LogP contribution in [0.4, 0.5) is 24.7 Å². The molecule has 2 heterocycles. The van der Waals surface area contributed by atoms with Crippen molar-refractivity contribution in [2.24, 2.45) is 11.7 Å². The number of carbonyl (C=O) groups excluding carboxylic acids is 2. The molecule has 1 saturated heterocycles. The fraction of sp³-hybridized carbons (Fsp3) is 0.316. The van der Waals surface area contributed by atoms with E-state index in [9.17, 15) is 22.8 Å². The number of primary amides is 1. The number of aromatic nitrogens is 1. The summed E-state index contributed by atoms with van der Waals surface area (Å²) in [5.41, 5.74) is 5.18. The average Bonchev–Trinajstić information content (AvgIpc) is 2.68. The monoisotopic (exact) mass is 426 g/mol. The van der Waals surface area contributed by atoms with E-state index in [0.29, 0.717) is 37.2 Å². The van der Waals surface area contributed by atoms with Crippen molar-refractivity contribution in [3.05, 3.63) is 52.7 Å². The number of pyridine rings is 1. The lowest BCUT2D eigenvalue weighted by Gasteiger charge is -2.32. The maximum Gasteiger partial charge on any atom is 0.417 e. The molecule has 2 aromatic rings. The molecule has 1 aliphatic rings. The first kappa shape index (κ1) is 20.9. The summed E-state index contributed by atoms with van der Waals surface area (Å²) in [6.45, 7) is 0.883. The van der Waals surface area contributed by atoms with E-state index in [2.05, 4.69) is 10.3 Å². The highest BCUT2D eigenvalue weighted by Crippen LogP contribution is 2.34. The molecule has 1 aliphatic heterocycles. The normalized spacial score (nSPS) is 15.2. The zero-order valence-electron chi connectivity index (χ0n) is 15.2. The van der Waals surface area contributed by atoms with Gasteiger partial charge < -0.3 is 16.0 Å². The number of nitrogens with two attached hydrogens (primary N) is 1. The highest BCUT2D eigenvalue weighted by molar-refractivity contribution is 6.33. The largest absolute Gasteiger partial charge is 0.417 e. The van der Waals surface area contributed by atoms with Gasteiger partial charge in [0.15, 0.2) is 0 Å². The number of hydrogen-bond donors (Lipinski definition) is 2. The summed E-state index contributed by atoms with van der Waals surface area (Å²) >= 11 is 5.99. The van der Waals surface area contributed by atoms with Crippen molar-refractivity contribution in [1.82, 2.24) is 4.98 Å². The summed E-state index contributed by atoms with van der Waals surface area (Å²) in [6, 6.07) is 7.11. The SMILES string of the molecule is NC(=O)c1ccc(NC(=O)C2CCN(c3ncc(C(F)(F)F)cc3Cl)CC2)cc1. The van der Waals surface area contributed by atoms with Crippen molar-refractivity contribution < 1.29 is 22.8 Å². The second-order valence-electron chi connectivity index (χ2n) is 6.72. The van der Waals surface area contributed by atoms with Gasteiger partial charge in [-0.15, -0.1) is 0 Å². The van der Waals surface area contributed by atoms with Crippen LogP contribution in [0.15, 0.2) is 36.5 Å². The molecule has 1 fully saturated rings. The smallest absolute Gasteiger partial charge is 0.366 e. The molecule has 0 saturated carbocycles. The summed E-state index contributed by atoms with van der Waals surface area (Å²) in [5, 5.41) is 2.72. The third kappa shape index (κ3) is 4.97. The maximum absolute atomic E-state index is 12.7. The van der Waals surface area contributed by atoms with E-state index >= 15 is 0 Å². The summed E-state index contributed by atoms with van der Waals surface area (Å²) in [7, 11) is 0. The van der Waals surface area contributed by atoms with Gasteiger partial charge in [0.25, 0.3) is 0 Å². The molecule has 3 N–H and O–H groups in total. The predicted octanol–water partition coefficient (Wildman–Crippen LogP) is 3.71. The predicted molar refractivity (Wildman–Crippen MR) is 103 cm³/mol. The van der Waals surface area contributed by atoms with Crippen molar-refractivity contribution in [3.8, 4) is 0 Å². The molecule has 2 amide bonds. The van der Waals surface area contributed by atoms with Gasteiger partial charge in [0, 0.05) is 36.5 Å². The zero-order chi connectivity index (χ0) is 21.2. The van der Waals surface area contributed by atoms with Crippen LogP contribution in [0.25, 0.3) is 0 Å². The van der Waals surface area contributed by atoms with Crippen LogP contribution in [0.2, 0.25) is 5.02 Å². The van der Waals surface area contributed by atoms with Crippen LogP contribution in [0.3, 0.4) is 0 Å². The van der Waals surface area contributed by atoms with Crippen molar-refractivity contribution in [1.29, 1.82) is 0 Å². The Hall–Kier alpha value is -2.81. The number of piperidine rings is 1. The maximum atomic E-state index is 12.7. The van der Waals surface area contributed by atoms with E-state index < -0.39 is 17.6 Å². The highest BCUT2D eigenvalue weighted by atomic mass is 35.5. The van der Waals surface area contributed by atoms with E-state index in [1.54, 1.807) is 17.0 Å². The van der Waals surface area contributed by atoms with Gasteiger partial charge in [-0.1, -0.05) is 11.6 Å². The molecule has 0 atom stereocenters. The molecule has 1 aromatic carbocycles. The molecule has 0 radical (unpaired) electrons. The Balaban J connectivity index is 1.58. The first-order valence-corrected chi connectivity index (χ1v) is 9.21. The zero-order valence-corrected chi connectivity index (χ0v) is 15.9. The van der Waals surface area contributed by atoms with Gasteiger partial charge in [0.1, 0.15) is 5.82 Å². The minimum Gasteiger partial charge on any atom is -0.366 e. The van der Waals surface area contributed by atoms with Crippen molar-refractivity contribution in [2.75, 3.05) is 23.3 Å². The number of carbonyl (C=O) groups is 2. The van der Waals surface area contributed by atoms with Gasteiger partial charge in [-0.2, -0.15) is 13.2 Å². The Kier molecular flexibility index (Phi) is 5.97. The van der Waals surface area contributed by atoms with Crippen LogP contribution in [0.1, 0.15) is 28.8 Å². The van der Waals surface area contributed by atoms with E-state index in [1.165, 1.54) is 12.1 Å². The van der Waals surface area contributed by atoms with Crippen molar-refractivity contribution in [2.45, 2.75) is 19.0 Å². The summed E-state index contributed by atoms with van der Waals surface area (Å²) in [5.74, 6) is -0.690. The number of nitrogens with zero attached hydrogens (tertiary/aromatic N) is 2. The second-order valence-corrected chi connectivity index (χ2v) is 7.13. The standard InChI is InChI=1S/C19H18ClF3N4O2/c20-15-9-13(19(21,22)23)10-25-17(15)27-7-5-12(6-8-27)18(29)26-14-3-1-11(2-4-14)16(24)28/h1-4,9-10,12H,5-8H2,(H2,24,28)(H,26,29). The quantitative estimate of drug-likeness (QED) is 0.780. The number of nitrogens with one attached hydrogen (secondary N) is 1. The third-order valence-corrected chi connectivity index (χ3v) is 5.03. The summed E-state index contributed by atoms with van der Waals surface area (Å²) in [6.07, 6.45) is -2.74. The topological polar surface area (TPSA) is 88.3 Å². The molecular weight excluding hydrogens is 409 g/mol. The first-order chi connectivity index (χ1) is 13.6. The molecule has 6 nitrogen and oxygen atoms in total. The van der Waals surface area contributed by atoms with Gasteiger partial charge in [0.05, 0.1) is 10.6 Å². The van der Waals surface area contributed by atoms with E-state index in [-0.39, 0.29) is 22.7 Å². The lowest BCUT2D eigenvalue weighted by molar-refractivity contribution is -0.137. The molecule has 0 spiro atoms. The molecule has 0 bridgehead atoms. The van der Waals surface area contributed by atoms with Crippen LogP contribution in [-0.4, -0.2) is 29.9 Å². The van der Waals surface area contributed by atoms with Crippen molar-refractivity contribution >= 4 is 34.9 Å². The van der Waals surface area contributed by atoms with Crippen LogP contribution in [0.5, 0.6) is 0 Å². The van der Waals surface area contributed by atoms with Gasteiger partial charge in [0.2, 0.25) is 11.8 Å². The van der Waals surface area contributed by atoms with E-state index in [1.807, 2.05) is 0 Å². The van der Waals surface area contributed by atoms with Crippen LogP contribution >= 0.6 is 11.6 Å². The number of hydrogen-bond acceptors (Lipinski definition) is 4. The van der Waals surface area contributed by atoms with Gasteiger partial charge in [-0.3, -0.25) is 9.59 Å². The number of anilines is 2. The van der Waals surface area contributed by atoms with Gasteiger partial charge in [-0.05, 0) is 43.2 Å². The molecule has 1 aromatic heterocycles. The highest BCUT2D eigenvalue weighted by Gasteiger charge is 2.33. The Morgan fingerprint density at radius 3 is 2.31 bits per heavy atom. The molecule has 29 heavy (non-hydrogen) atoms. The lowest BCUT2D eigenvalue weighted by Crippen LogP contribution is -2.38. The Labute approximate surface area is 169 Å². The lowest BCUT2D eigenvalue weighted by atomic mass is 9.95. The molecule has 0 aliphatic carbocycles. The average molecular weight is 427 g/mol. The number of halogens is 4. The number of rotatable bonds is 4. The molecule has 0 unspecified atom stereocenters. The number of benzene rings is 1. The van der Waals surface area contributed by atoms with Crippen molar-refractivity contribution in [3.63, 3.8) is 0 Å². The number of amides is 2. The number of alkyl halides is 3. The second kappa shape index (κ2) is 8.28. The minimum atomic E-state index is -4.50. The molecular formula is C19H18ClF3N4O2. The van der Waals surface area contributed by atoms with E-state index in [0.717, 1.165) is 12.3 Å². The summed E-state index contributed by atoms with van der Waals surface area (Å²) in [4.78, 5) is 29.2. The minimum absolute atomic E-state index is 0.0720. The summed E-state index contributed by atoms with van der Waals surface area (Å²) < 4.78 is 38.2. The van der Waals surface area contributed by atoms with E-state index in [4.69, 9.17) is 17.3 Å². The van der Waals surface area contributed by atoms with Crippen LogP contribution in [-0.2, 0) is 11.0 Å². The molecule has 10 heteroatoms. The fourth-order valence-electron chi connectivity index (χ4n) is 3.13. The Morgan fingerprint density at radius 2 is 1.79 bits per heavy atom. The fourth-order valence-corrected chi connectivity index (χ4v) is 3.42. The van der Waals surface area contributed by atoms with Gasteiger partial charge in [-0.25, -0.2) is 4.98 Å². The Morgan fingerprint density at radius 1 is 1.17 bits per heavy atom. The third-order valence-electron chi connectivity index (χ3n) is 4.75. The molecule has 3 rings (SSSR count). The first-order valence-electron chi connectivity index (χ1n) is 8.83.